The quantitative estimate of drug-likeness (QED) is 0.867. The fourth-order valence-corrected chi connectivity index (χ4v) is 4.23. The highest BCUT2D eigenvalue weighted by Crippen LogP contribution is 2.37. The molecule has 2 aliphatic rings. The molecule has 1 aromatic carbocycles. The lowest BCUT2D eigenvalue weighted by molar-refractivity contribution is 0.169. The van der Waals surface area contributed by atoms with Gasteiger partial charge < -0.3 is 15.3 Å². The van der Waals surface area contributed by atoms with Gasteiger partial charge in [-0.2, -0.15) is 0 Å². The van der Waals surface area contributed by atoms with Crippen molar-refractivity contribution >= 4 is 6.03 Å². The lowest BCUT2D eigenvalue weighted by Gasteiger charge is -2.34. The number of aliphatic hydroxyl groups is 1. The highest BCUT2D eigenvalue weighted by molar-refractivity contribution is 5.74. The largest absolute Gasteiger partial charge is 0.395 e. The first-order chi connectivity index (χ1) is 11.7. The van der Waals surface area contributed by atoms with E-state index in [-0.39, 0.29) is 18.7 Å². The van der Waals surface area contributed by atoms with Crippen LogP contribution in [0.2, 0.25) is 0 Å². The molecule has 3 atom stereocenters. The van der Waals surface area contributed by atoms with Crippen LogP contribution in [0.1, 0.15) is 24.8 Å². The number of amides is 2. The Morgan fingerprint density at radius 3 is 2.83 bits per heavy atom. The molecule has 0 aromatic heterocycles. The van der Waals surface area contributed by atoms with Crippen LogP contribution < -0.4 is 5.32 Å². The van der Waals surface area contributed by atoms with E-state index in [9.17, 15) is 4.79 Å². The smallest absolute Gasteiger partial charge is 0.317 e. The molecule has 2 fully saturated rings. The Balaban J connectivity index is 1.58. The van der Waals surface area contributed by atoms with Crippen LogP contribution in [-0.2, 0) is 6.54 Å². The minimum atomic E-state index is -0.0591. The topological polar surface area (TPSA) is 55.8 Å². The average molecular weight is 331 g/mol. The second kappa shape index (κ2) is 7.99. The summed E-state index contributed by atoms with van der Waals surface area (Å²) < 4.78 is 0. The number of likely N-dealkylation sites (tertiary alicyclic amines) is 1. The Labute approximate surface area is 144 Å². The van der Waals surface area contributed by atoms with Crippen molar-refractivity contribution in [1.29, 1.82) is 0 Å². The van der Waals surface area contributed by atoms with Gasteiger partial charge in [0.2, 0.25) is 0 Å². The van der Waals surface area contributed by atoms with E-state index < -0.39 is 0 Å². The van der Waals surface area contributed by atoms with Gasteiger partial charge in [0.1, 0.15) is 0 Å². The van der Waals surface area contributed by atoms with Gasteiger partial charge in [0.25, 0.3) is 0 Å². The summed E-state index contributed by atoms with van der Waals surface area (Å²) in [6.45, 7) is 3.59. The van der Waals surface area contributed by atoms with Crippen molar-refractivity contribution in [3.05, 3.63) is 35.9 Å². The van der Waals surface area contributed by atoms with E-state index in [2.05, 4.69) is 40.5 Å². The van der Waals surface area contributed by atoms with Crippen LogP contribution >= 0.6 is 0 Å². The van der Waals surface area contributed by atoms with Gasteiger partial charge in [0.15, 0.2) is 0 Å². The minimum absolute atomic E-state index is 0.00545. The third-order valence-electron chi connectivity index (χ3n) is 5.51. The highest BCUT2D eigenvalue weighted by Gasteiger charge is 2.40. The molecule has 1 saturated heterocycles. The van der Waals surface area contributed by atoms with E-state index >= 15 is 0 Å². The molecule has 3 rings (SSSR count). The van der Waals surface area contributed by atoms with Crippen molar-refractivity contribution in [3.63, 3.8) is 0 Å². The van der Waals surface area contributed by atoms with Crippen LogP contribution in [0.4, 0.5) is 4.79 Å². The highest BCUT2D eigenvalue weighted by atomic mass is 16.3. The van der Waals surface area contributed by atoms with E-state index in [1.165, 1.54) is 18.4 Å². The maximum atomic E-state index is 12.3. The van der Waals surface area contributed by atoms with Crippen molar-refractivity contribution in [2.45, 2.75) is 31.8 Å². The van der Waals surface area contributed by atoms with Gasteiger partial charge >= 0.3 is 6.03 Å². The van der Waals surface area contributed by atoms with Crippen molar-refractivity contribution < 1.29 is 9.90 Å². The second-order valence-electron chi connectivity index (χ2n) is 7.24. The summed E-state index contributed by atoms with van der Waals surface area (Å²) in [4.78, 5) is 16.4. The monoisotopic (exact) mass is 331 g/mol. The molecule has 0 radical (unpaired) electrons. The van der Waals surface area contributed by atoms with Crippen LogP contribution in [0.15, 0.2) is 30.3 Å². The third kappa shape index (κ3) is 4.08. The zero-order valence-corrected chi connectivity index (χ0v) is 14.5. The predicted molar refractivity (Wildman–Crippen MR) is 94.6 cm³/mol. The van der Waals surface area contributed by atoms with E-state index in [1.54, 1.807) is 11.9 Å². The summed E-state index contributed by atoms with van der Waals surface area (Å²) in [6.07, 6.45) is 3.53. The Bertz CT molecular complexity index is 537. The first-order valence-corrected chi connectivity index (χ1v) is 9.06. The SMILES string of the molecule is CN(CCO)C(=O)NC1CCCC2CN(Cc3ccccc3)CC21. The maximum absolute atomic E-state index is 12.3. The standard InChI is InChI=1S/C19H29N3O2/c1-21(10-11-23)19(24)20-18-9-5-8-16-13-22(14-17(16)18)12-15-6-3-2-4-7-15/h2-4,6-7,16-18,23H,5,8-14H2,1H3,(H,20,24). The average Bonchev–Trinajstić information content (AvgIpc) is 2.99. The summed E-state index contributed by atoms with van der Waals surface area (Å²) >= 11 is 0. The molecule has 0 bridgehead atoms. The molecular formula is C19H29N3O2. The molecule has 132 valence electrons. The number of fused-ring (bicyclic) bond motifs is 1. The van der Waals surface area contributed by atoms with Crippen molar-refractivity contribution in [3.8, 4) is 0 Å². The number of hydrogen-bond acceptors (Lipinski definition) is 3. The first-order valence-electron chi connectivity index (χ1n) is 9.06. The number of rotatable bonds is 5. The predicted octanol–water partition coefficient (Wildman–Crippen LogP) is 1.92. The summed E-state index contributed by atoms with van der Waals surface area (Å²) in [5.41, 5.74) is 1.36. The van der Waals surface area contributed by atoms with Gasteiger partial charge in [-0.05, 0) is 30.2 Å². The number of nitrogens with one attached hydrogen (secondary N) is 1. The fraction of sp³-hybridized carbons (Fsp3) is 0.632. The fourth-order valence-electron chi connectivity index (χ4n) is 4.23. The number of nitrogens with zero attached hydrogens (tertiary/aromatic N) is 2. The second-order valence-corrected chi connectivity index (χ2v) is 7.24. The number of likely N-dealkylation sites (N-methyl/N-ethyl adjacent to an activating group) is 1. The molecule has 0 spiro atoms. The van der Waals surface area contributed by atoms with Gasteiger partial charge in [-0.3, -0.25) is 4.90 Å². The number of aliphatic hydroxyl groups excluding tert-OH is 1. The summed E-state index contributed by atoms with van der Waals surface area (Å²) in [5.74, 6) is 1.24. The minimum Gasteiger partial charge on any atom is -0.395 e. The van der Waals surface area contributed by atoms with Crippen LogP contribution in [0.5, 0.6) is 0 Å². The molecule has 3 unspecified atom stereocenters. The van der Waals surface area contributed by atoms with Crippen molar-refractivity contribution in [2.75, 3.05) is 33.3 Å². The molecule has 24 heavy (non-hydrogen) atoms. The van der Waals surface area contributed by atoms with Gasteiger partial charge in [-0.15, -0.1) is 0 Å². The third-order valence-corrected chi connectivity index (χ3v) is 5.51. The maximum Gasteiger partial charge on any atom is 0.317 e. The number of urea groups is 1. The van der Waals surface area contributed by atoms with Gasteiger partial charge in [-0.25, -0.2) is 4.79 Å². The van der Waals surface area contributed by atoms with Gasteiger partial charge in [0, 0.05) is 39.3 Å². The number of carbonyl (C=O) groups excluding carboxylic acids is 1. The van der Waals surface area contributed by atoms with Crippen molar-refractivity contribution in [1.82, 2.24) is 15.1 Å². The molecule has 1 aliphatic carbocycles. The van der Waals surface area contributed by atoms with Crippen LogP contribution in [0, 0.1) is 11.8 Å². The Morgan fingerprint density at radius 1 is 1.29 bits per heavy atom. The zero-order chi connectivity index (χ0) is 16.9. The lowest BCUT2D eigenvalue weighted by Crippen LogP contribution is -2.49. The first kappa shape index (κ1) is 17.2. The molecule has 2 N–H and O–H groups in total. The molecule has 5 heteroatoms. The molecule has 2 amide bonds. The molecule has 1 aliphatic heterocycles. The van der Waals surface area contributed by atoms with Gasteiger partial charge in [-0.1, -0.05) is 36.8 Å². The zero-order valence-electron chi connectivity index (χ0n) is 14.5. The Morgan fingerprint density at radius 2 is 2.08 bits per heavy atom. The van der Waals surface area contributed by atoms with E-state index in [0.29, 0.717) is 18.4 Å². The molecule has 1 heterocycles. The summed E-state index contributed by atoms with van der Waals surface area (Å²) in [7, 11) is 1.74. The summed E-state index contributed by atoms with van der Waals surface area (Å²) in [5, 5.41) is 12.2. The number of carbonyl (C=O) groups is 1. The Hall–Kier alpha value is -1.59. The Kier molecular flexibility index (Phi) is 5.74. The number of benzene rings is 1. The van der Waals surface area contributed by atoms with Crippen LogP contribution in [0.25, 0.3) is 0 Å². The van der Waals surface area contributed by atoms with Crippen molar-refractivity contribution in [2.24, 2.45) is 11.8 Å². The van der Waals surface area contributed by atoms with E-state index in [1.807, 2.05) is 0 Å². The van der Waals surface area contributed by atoms with Gasteiger partial charge in [0.05, 0.1) is 6.61 Å². The van der Waals surface area contributed by atoms with E-state index in [0.717, 1.165) is 26.1 Å². The normalized spacial score (nSPS) is 26.8. The van der Waals surface area contributed by atoms with Crippen LogP contribution in [0.3, 0.4) is 0 Å². The molecule has 5 nitrogen and oxygen atoms in total. The molecular weight excluding hydrogens is 302 g/mol. The molecule has 1 aromatic rings. The number of hydrogen-bond donors (Lipinski definition) is 2. The van der Waals surface area contributed by atoms with E-state index in [4.69, 9.17) is 5.11 Å². The summed E-state index contributed by atoms with van der Waals surface area (Å²) in [6, 6.07) is 10.8. The molecule has 1 saturated carbocycles. The van der Waals surface area contributed by atoms with Crippen LogP contribution in [-0.4, -0.2) is 60.3 Å². The lowest BCUT2D eigenvalue weighted by atomic mass is 9.78.